The van der Waals surface area contributed by atoms with Gasteiger partial charge in [0.1, 0.15) is 10.0 Å². The predicted molar refractivity (Wildman–Crippen MR) is 56.9 cm³/mol. The van der Waals surface area contributed by atoms with E-state index in [1.807, 2.05) is 13.8 Å². The van der Waals surface area contributed by atoms with Crippen LogP contribution >= 0.6 is 0 Å². The summed E-state index contributed by atoms with van der Waals surface area (Å²) in [4.78, 5) is 0.275. The molecule has 14 heavy (non-hydrogen) atoms. The number of rotatable bonds is 4. The molecular formula is C10H14NO2S-. The zero-order chi connectivity index (χ0) is 10.6. The number of nitrogens with zero attached hydrogens (tertiary/aromatic N) is 1. The van der Waals surface area contributed by atoms with E-state index < -0.39 is 10.0 Å². The average molecular weight is 212 g/mol. The molecule has 0 saturated carbocycles. The maximum absolute atomic E-state index is 11.5. The summed E-state index contributed by atoms with van der Waals surface area (Å²) in [5.74, 6) is 0. The molecule has 0 unspecified atom stereocenters. The Morgan fingerprint density at radius 1 is 1.21 bits per heavy atom. The van der Waals surface area contributed by atoms with Crippen molar-refractivity contribution >= 4 is 10.0 Å². The third-order valence-electron chi connectivity index (χ3n) is 1.80. The first kappa shape index (κ1) is 11.2. The molecule has 3 nitrogen and oxygen atoms in total. The Kier molecular flexibility index (Phi) is 3.66. The van der Waals surface area contributed by atoms with Gasteiger partial charge in [-0.25, -0.2) is 8.42 Å². The molecule has 0 aliphatic heterocycles. The first-order chi connectivity index (χ1) is 6.56. The number of hydrogen-bond donors (Lipinski definition) is 0. The molecule has 1 aromatic carbocycles. The number of hydrogen-bond acceptors (Lipinski definition) is 2. The number of benzene rings is 1. The standard InChI is InChI=1S/C10H14NO2S/c1-3-8-11-14(12,13)10-6-4-9(2)5-7-10/h4-7H,3,8H2,1-2H3/q-1. The lowest BCUT2D eigenvalue weighted by Gasteiger charge is -2.18. The summed E-state index contributed by atoms with van der Waals surface area (Å²) >= 11 is 0. The molecule has 0 radical (unpaired) electrons. The van der Waals surface area contributed by atoms with E-state index in [-0.39, 0.29) is 4.90 Å². The molecule has 0 bridgehead atoms. The van der Waals surface area contributed by atoms with Gasteiger partial charge in [-0.05, 0) is 19.1 Å². The van der Waals surface area contributed by atoms with Crippen molar-refractivity contribution < 1.29 is 8.42 Å². The molecule has 0 spiro atoms. The van der Waals surface area contributed by atoms with Crippen LogP contribution in [0.1, 0.15) is 18.9 Å². The van der Waals surface area contributed by atoms with Gasteiger partial charge in [-0.2, -0.15) is 0 Å². The molecule has 4 heteroatoms. The minimum atomic E-state index is -3.41. The second kappa shape index (κ2) is 4.57. The van der Waals surface area contributed by atoms with Crippen LogP contribution in [-0.4, -0.2) is 15.0 Å². The largest absolute Gasteiger partial charge is 0.545 e. The minimum Gasteiger partial charge on any atom is -0.545 e. The molecule has 1 aromatic rings. The number of sulfonamides is 1. The van der Waals surface area contributed by atoms with Crippen molar-refractivity contribution in [3.05, 3.63) is 34.6 Å². The van der Waals surface area contributed by atoms with E-state index >= 15 is 0 Å². The molecule has 0 saturated heterocycles. The summed E-state index contributed by atoms with van der Waals surface area (Å²) in [5, 5.41) is 0. The van der Waals surface area contributed by atoms with Gasteiger partial charge >= 0.3 is 0 Å². The van der Waals surface area contributed by atoms with Gasteiger partial charge in [0.25, 0.3) is 0 Å². The second-order valence-electron chi connectivity index (χ2n) is 3.14. The van der Waals surface area contributed by atoms with Crippen LogP contribution in [0.2, 0.25) is 0 Å². The summed E-state index contributed by atoms with van der Waals surface area (Å²) in [5.41, 5.74) is 1.04. The molecule has 0 aliphatic carbocycles. The van der Waals surface area contributed by atoms with Crippen molar-refractivity contribution in [2.75, 3.05) is 6.54 Å². The van der Waals surface area contributed by atoms with E-state index in [4.69, 9.17) is 0 Å². The number of aryl methyl sites for hydroxylation is 1. The summed E-state index contributed by atoms with van der Waals surface area (Å²) < 4.78 is 26.7. The van der Waals surface area contributed by atoms with Crippen LogP contribution in [0.3, 0.4) is 0 Å². The van der Waals surface area contributed by atoms with E-state index in [0.29, 0.717) is 6.54 Å². The first-order valence-corrected chi connectivity index (χ1v) is 6.00. The monoisotopic (exact) mass is 212 g/mol. The summed E-state index contributed by atoms with van der Waals surface area (Å²) in [6, 6.07) is 6.72. The van der Waals surface area contributed by atoms with E-state index in [1.54, 1.807) is 24.3 Å². The maximum Gasteiger partial charge on any atom is 0.101 e. The third-order valence-corrected chi connectivity index (χ3v) is 3.19. The van der Waals surface area contributed by atoms with Gasteiger partial charge < -0.3 is 4.72 Å². The topological polar surface area (TPSA) is 48.2 Å². The van der Waals surface area contributed by atoms with Crippen molar-refractivity contribution in [3.8, 4) is 0 Å². The van der Waals surface area contributed by atoms with Crippen LogP contribution < -0.4 is 0 Å². The SMILES string of the molecule is CCC[N-]S(=O)(=O)c1ccc(C)cc1. The van der Waals surface area contributed by atoms with Gasteiger partial charge in [-0.1, -0.05) is 31.0 Å². The molecule has 1 rings (SSSR count). The fraction of sp³-hybridized carbons (Fsp3) is 0.400. The summed E-state index contributed by atoms with van der Waals surface area (Å²) in [6.45, 7) is 4.17. The quantitative estimate of drug-likeness (QED) is 0.769. The van der Waals surface area contributed by atoms with E-state index in [9.17, 15) is 8.42 Å². The van der Waals surface area contributed by atoms with E-state index in [1.165, 1.54) is 0 Å². The predicted octanol–water partition coefficient (Wildman–Crippen LogP) is 2.47. The normalized spacial score (nSPS) is 11.6. The van der Waals surface area contributed by atoms with Gasteiger partial charge in [-0.15, -0.1) is 6.54 Å². The molecule has 0 atom stereocenters. The lowest BCUT2D eigenvalue weighted by molar-refractivity contribution is 0.601. The van der Waals surface area contributed by atoms with Crippen LogP contribution in [0.5, 0.6) is 0 Å². The van der Waals surface area contributed by atoms with Crippen molar-refractivity contribution in [1.29, 1.82) is 0 Å². The van der Waals surface area contributed by atoms with Crippen molar-refractivity contribution in [2.45, 2.75) is 25.2 Å². The van der Waals surface area contributed by atoms with Crippen LogP contribution in [0.4, 0.5) is 0 Å². The first-order valence-electron chi connectivity index (χ1n) is 4.56. The van der Waals surface area contributed by atoms with Crippen LogP contribution in [-0.2, 0) is 10.0 Å². The van der Waals surface area contributed by atoms with Gasteiger partial charge in [-0.3, -0.25) is 0 Å². The Labute approximate surface area is 85.2 Å². The Morgan fingerprint density at radius 3 is 2.29 bits per heavy atom. The fourth-order valence-electron chi connectivity index (χ4n) is 0.996. The van der Waals surface area contributed by atoms with E-state index in [2.05, 4.69) is 4.72 Å². The molecule has 0 fully saturated rings. The summed E-state index contributed by atoms with van der Waals surface area (Å²) in [6.07, 6.45) is 0.741. The highest BCUT2D eigenvalue weighted by atomic mass is 32.2. The highest BCUT2D eigenvalue weighted by Gasteiger charge is 2.01. The minimum absolute atomic E-state index is 0.275. The molecule has 0 heterocycles. The highest BCUT2D eigenvalue weighted by molar-refractivity contribution is 7.94. The molecular weight excluding hydrogens is 198 g/mol. The third kappa shape index (κ3) is 2.82. The molecule has 78 valence electrons. The van der Waals surface area contributed by atoms with Crippen LogP contribution in [0.25, 0.3) is 4.72 Å². The van der Waals surface area contributed by atoms with Crippen molar-refractivity contribution in [3.63, 3.8) is 0 Å². The zero-order valence-electron chi connectivity index (χ0n) is 8.40. The Morgan fingerprint density at radius 2 is 1.79 bits per heavy atom. The Hall–Kier alpha value is -0.870. The lowest BCUT2D eigenvalue weighted by Crippen LogP contribution is -2.00. The Bertz CT molecular complexity index is 381. The highest BCUT2D eigenvalue weighted by Crippen LogP contribution is 2.17. The van der Waals surface area contributed by atoms with Gasteiger partial charge in [0.05, 0.1) is 0 Å². The van der Waals surface area contributed by atoms with Gasteiger partial charge in [0, 0.05) is 4.90 Å². The second-order valence-corrected chi connectivity index (χ2v) is 4.82. The fourth-order valence-corrected chi connectivity index (χ4v) is 2.05. The molecule has 0 N–H and O–H groups in total. The lowest BCUT2D eigenvalue weighted by atomic mass is 10.2. The molecule has 0 aromatic heterocycles. The maximum atomic E-state index is 11.5. The van der Waals surface area contributed by atoms with Crippen molar-refractivity contribution in [2.24, 2.45) is 0 Å². The van der Waals surface area contributed by atoms with E-state index in [0.717, 1.165) is 12.0 Å². The Balaban J connectivity index is 2.87. The smallest absolute Gasteiger partial charge is 0.101 e. The molecule has 0 amide bonds. The van der Waals surface area contributed by atoms with Gasteiger partial charge in [0.2, 0.25) is 0 Å². The molecule has 0 aliphatic rings. The van der Waals surface area contributed by atoms with Crippen LogP contribution in [0, 0.1) is 6.92 Å². The van der Waals surface area contributed by atoms with Crippen molar-refractivity contribution in [1.82, 2.24) is 0 Å². The zero-order valence-corrected chi connectivity index (χ0v) is 9.21. The average Bonchev–Trinajstić information content (AvgIpc) is 2.16. The van der Waals surface area contributed by atoms with Gasteiger partial charge in [0.15, 0.2) is 0 Å². The van der Waals surface area contributed by atoms with Crippen LogP contribution in [0.15, 0.2) is 29.2 Å². The summed E-state index contributed by atoms with van der Waals surface area (Å²) in [7, 11) is -3.41.